The van der Waals surface area contributed by atoms with Crippen LogP contribution in [0.5, 0.6) is 11.5 Å². The van der Waals surface area contributed by atoms with Crippen LogP contribution in [0.1, 0.15) is 16.1 Å². The fourth-order valence-corrected chi connectivity index (χ4v) is 2.08. The van der Waals surface area contributed by atoms with Crippen molar-refractivity contribution in [2.24, 2.45) is 5.73 Å². The molecule has 0 spiro atoms. The molecule has 3 N–H and O–H groups in total. The van der Waals surface area contributed by atoms with Gasteiger partial charge in [0.15, 0.2) is 18.1 Å². The highest BCUT2D eigenvalue weighted by molar-refractivity contribution is 6.32. The largest absolute Gasteiger partial charge is 0.493 e. The van der Waals surface area contributed by atoms with Gasteiger partial charge in [0.05, 0.1) is 24.9 Å². The van der Waals surface area contributed by atoms with Crippen LogP contribution in [-0.4, -0.2) is 25.5 Å². The molecule has 122 valence electrons. The molecule has 1 aromatic heterocycles. The molecule has 0 radical (unpaired) electrons. The van der Waals surface area contributed by atoms with E-state index in [0.29, 0.717) is 5.76 Å². The van der Waals surface area contributed by atoms with Crippen molar-refractivity contribution in [2.45, 2.75) is 6.54 Å². The normalized spacial score (nSPS) is 10.2. The molecule has 0 aliphatic carbocycles. The Bertz CT molecular complexity index is 700. The van der Waals surface area contributed by atoms with Crippen molar-refractivity contribution in [3.05, 3.63) is 46.9 Å². The van der Waals surface area contributed by atoms with Gasteiger partial charge in [-0.15, -0.1) is 0 Å². The number of methoxy groups -OCH3 is 1. The Morgan fingerprint density at radius 3 is 2.78 bits per heavy atom. The molecule has 7 nitrogen and oxygen atoms in total. The predicted molar refractivity (Wildman–Crippen MR) is 82.6 cm³/mol. The number of ether oxygens (including phenoxy) is 2. The second-order valence-electron chi connectivity index (χ2n) is 4.51. The first-order chi connectivity index (χ1) is 11.0. The van der Waals surface area contributed by atoms with Gasteiger partial charge in [0.1, 0.15) is 5.76 Å². The third-order valence-electron chi connectivity index (χ3n) is 2.85. The summed E-state index contributed by atoms with van der Waals surface area (Å²) in [5, 5.41) is 2.82. The first-order valence-corrected chi connectivity index (χ1v) is 6.98. The van der Waals surface area contributed by atoms with Crippen molar-refractivity contribution in [2.75, 3.05) is 13.7 Å². The Kier molecular flexibility index (Phi) is 5.48. The van der Waals surface area contributed by atoms with Crippen LogP contribution in [-0.2, 0) is 11.3 Å². The Morgan fingerprint density at radius 1 is 1.39 bits per heavy atom. The summed E-state index contributed by atoms with van der Waals surface area (Å²) in [7, 11) is 1.40. The molecule has 0 unspecified atom stereocenters. The monoisotopic (exact) mass is 338 g/mol. The van der Waals surface area contributed by atoms with E-state index < -0.39 is 5.91 Å². The molecule has 8 heteroatoms. The van der Waals surface area contributed by atoms with Crippen LogP contribution >= 0.6 is 11.6 Å². The highest BCUT2D eigenvalue weighted by Gasteiger charge is 2.16. The predicted octanol–water partition coefficient (Wildman–Crippen LogP) is 1.74. The number of primary amides is 1. The van der Waals surface area contributed by atoms with E-state index in [1.807, 2.05) is 0 Å². The molecule has 2 amide bonds. The van der Waals surface area contributed by atoms with E-state index in [1.54, 1.807) is 12.1 Å². The summed E-state index contributed by atoms with van der Waals surface area (Å²) in [6.07, 6.45) is 1.52. The maximum absolute atomic E-state index is 12.2. The Morgan fingerprint density at radius 2 is 2.17 bits per heavy atom. The lowest BCUT2D eigenvalue weighted by atomic mass is 10.2. The maximum Gasteiger partial charge on any atom is 0.255 e. The van der Waals surface area contributed by atoms with Gasteiger partial charge in [-0.25, -0.2) is 0 Å². The van der Waals surface area contributed by atoms with Gasteiger partial charge in [-0.3, -0.25) is 9.59 Å². The molecule has 2 aromatic rings. The van der Waals surface area contributed by atoms with E-state index in [0.717, 1.165) is 0 Å². The van der Waals surface area contributed by atoms with Gasteiger partial charge in [-0.1, -0.05) is 11.6 Å². The minimum absolute atomic E-state index is 0.133. The molecular formula is C15H15ClN2O5. The summed E-state index contributed by atoms with van der Waals surface area (Å²) in [4.78, 5) is 23.0. The van der Waals surface area contributed by atoms with E-state index in [1.165, 1.54) is 25.5 Å². The van der Waals surface area contributed by atoms with Gasteiger partial charge in [-0.05, 0) is 24.3 Å². The van der Waals surface area contributed by atoms with Crippen molar-refractivity contribution >= 4 is 23.4 Å². The fraction of sp³-hybridized carbons (Fsp3) is 0.200. The Balaban J connectivity index is 2.14. The summed E-state index contributed by atoms with van der Waals surface area (Å²) in [6, 6.07) is 6.35. The lowest BCUT2D eigenvalue weighted by Crippen LogP contribution is -2.23. The van der Waals surface area contributed by atoms with Crippen LogP contribution in [0.15, 0.2) is 34.9 Å². The zero-order chi connectivity index (χ0) is 16.8. The summed E-state index contributed by atoms with van der Waals surface area (Å²) in [5.74, 6) is -0.0123. The number of rotatable bonds is 7. The zero-order valence-electron chi connectivity index (χ0n) is 12.3. The maximum atomic E-state index is 12.2. The van der Waals surface area contributed by atoms with Crippen LogP contribution in [0.25, 0.3) is 0 Å². The van der Waals surface area contributed by atoms with Crippen molar-refractivity contribution < 1.29 is 23.5 Å². The molecule has 0 aliphatic rings. The molecule has 0 bridgehead atoms. The summed E-state index contributed by atoms with van der Waals surface area (Å²) in [6.45, 7) is -0.105. The lowest BCUT2D eigenvalue weighted by molar-refractivity contribution is -0.119. The van der Waals surface area contributed by atoms with E-state index >= 15 is 0 Å². The molecule has 0 saturated heterocycles. The molecule has 23 heavy (non-hydrogen) atoms. The number of furan rings is 1. The van der Waals surface area contributed by atoms with Crippen LogP contribution in [0.3, 0.4) is 0 Å². The molecule has 0 fully saturated rings. The molecule has 2 rings (SSSR count). The third-order valence-corrected chi connectivity index (χ3v) is 3.13. The van der Waals surface area contributed by atoms with Crippen LogP contribution < -0.4 is 20.5 Å². The van der Waals surface area contributed by atoms with Gasteiger partial charge >= 0.3 is 0 Å². The standard InChI is InChI=1S/C15H15ClN2O5/c1-21-12-6-9(5-11(16)14(12)23-8-13(17)19)15(20)18-7-10-3-2-4-22-10/h2-6H,7-8H2,1H3,(H2,17,19)(H,18,20). The first kappa shape index (κ1) is 16.7. The van der Waals surface area contributed by atoms with Crippen molar-refractivity contribution in [1.29, 1.82) is 0 Å². The number of nitrogens with two attached hydrogens (primary N) is 1. The quantitative estimate of drug-likeness (QED) is 0.800. The molecule has 0 atom stereocenters. The van der Waals surface area contributed by atoms with Crippen molar-refractivity contribution in [1.82, 2.24) is 5.32 Å². The molecular weight excluding hydrogens is 324 g/mol. The van der Waals surface area contributed by atoms with E-state index in [2.05, 4.69) is 5.32 Å². The third kappa shape index (κ3) is 4.40. The lowest BCUT2D eigenvalue weighted by Gasteiger charge is -2.13. The zero-order valence-corrected chi connectivity index (χ0v) is 13.1. The molecule has 1 heterocycles. The number of benzene rings is 1. The van der Waals surface area contributed by atoms with Crippen molar-refractivity contribution in [3.8, 4) is 11.5 Å². The van der Waals surface area contributed by atoms with Crippen molar-refractivity contribution in [3.63, 3.8) is 0 Å². The average Bonchev–Trinajstić information content (AvgIpc) is 3.03. The van der Waals surface area contributed by atoms with E-state index in [-0.39, 0.29) is 41.1 Å². The number of nitrogens with one attached hydrogen (secondary N) is 1. The summed E-state index contributed by atoms with van der Waals surface area (Å²) >= 11 is 6.08. The second kappa shape index (κ2) is 7.55. The number of amides is 2. The van der Waals surface area contributed by atoms with Crippen LogP contribution in [0, 0.1) is 0 Å². The first-order valence-electron chi connectivity index (χ1n) is 6.60. The number of carbonyl (C=O) groups excluding carboxylic acids is 2. The minimum Gasteiger partial charge on any atom is -0.493 e. The van der Waals surface area contributed by atoms with Gasteiger partial charge in [0, 0.05) is 5.56 Å². The number of carbonyl (C=O) groups is 2. The smallest absolute Gasteiger partial charge is 0.255 e. The molecule has 0 aliphatic heterocycles. The van der Waals surface area contributed by atoms with Gasteiger partial charge in [0.25, 0.3) is 11.8 Å². The average molecular weight is 339 g/mol. The number of halogens is 1. The molecule has 1 aromatic carbocycles. The van der Waals surface area contributed by atoms with Gasteiger partial charge in [0.2, 0.25) is 0 Å². The van der Waals surface area contributed by atoms with Gasteiger partial charge < -0.3 is 24.9 Å². The SMILES string of the molecule is COc1cc(C(=O)NCc2ccco2)cc(Cl)c1OCC(N)=O. The fourth-order valence-electron chi connectivity index (χ4n) is 1.82. The topological polar surface area (TPSA) is 104 Å². The highest BCUT2D eigenvalue weighted by atomic mass is 35.5. The Labute approximate surface area is 137 Å². The minimum atomic E-state index is -0.650. The van der Waals surface area contributed by atoms with Crippen LogP contribution in [0.2, 0.25) is 5.02 Å². The number of hydrogen-bond acceptors (Lipinski definition) is 5. The highest BCUT2D eigenvalue weighted by Crippen LogP contribution is 2.36. The van der Waals surface area contributed by atoms with Gasteiger partial charge in [-0.2, -0.15) is 0 Å². The second-order valence-corrected chi connectivity index (χ2v) is 4.91. The summed E-state index contributed by atoms with van der Waals surface area (Å²) < 4.78 is 15.5. The Hall–Kier alpha value is -2.67. The van der Waals surface area contributed by atoms with E-state index in [4.69, 9.17) is 31.2 Å². The van der Waals surface area contributed by atoms with E-state index in [9.17, 15) is 9.59 Å². The number of hydrogen-bond donors (Lipinski definition) is 2. The van der Waals surface area contributed by atoms with Crippen LogP contribution in [0.4, 0.5) is 0 Å². The molecule has 0 saturated carbocycles. The summed E-state index contributed by atoms with van der Waals surface area (Å²) in [5.41, 5.74) is 5.31.